The van der Waals surface area contributed by atoms with E-state index in [0.717, 1.165) is 23.5 Å². The predicted octanol–water partition coefficient (Wildman–Crippen LogP) is 1.99. The first-order valence-corrected chi connectivity index (χ1v) is 6.54. The van der Waals surface area contributed by atoms with Crippen molar-refractivity contribution < 1.29 is 4.74 Å². The minimum absolute atomic E-state index is 0.272. The molecule has 0 saturated carbocycles. The Morgan fingerprint density at radius 2 is 2.00 bits per heavy atom. The van der Waals surface area contributed by atoms with E-state index in [4.69, 9.17) is 4.74 Å². The van der Waals surface area contributed by atoms with Gasteiger partial charge in [0.15, 0.2) is 0 Å². The van der Waals surface area contributed by atoms with Crippen molar-refractivity contribution in [2.75, 3.05) is 13.2 Å². The first kappa shape index (κ1) is 13.7. The SMILES string of the molecule is CC(C)OCCNCc1n[nH]nc1-c1ccccc1. The van der Waals surface area contributed by atoms with E-state index in [1.807, 2.05) is 44.2 Å². The van der Waals surface area contributed by atoms with Crippen molar-refractivity contribution in [2.45, 2.75) is 26.5 Å². The van der Waals surface area contributed by atoms with Gasteiger partial charge in [0.1, 0.15) is 11.4 Å². The number of nitrogens with zero attached hydrogens (tertiary/aromatic N) is 2. The van der Waals surface area contributed by atoms with E-state index >= 15 is 0 Å². The van der Waals surface area contributed by atoms with Gasteiger partial charge in [0.2, 0.25) is 0 Å². The predicted molar refractivity (Wildman–Crippen MR) is 74.6 cm³/mol. The molecule has 0 radical (unpaired) electrons. The quantitative estimate of drug-likeness (QED) is 0.747. The van der Waals surface area contributed by atoms with Crippen molar-refractivity contribution in [1.29, 1.82) is 0 Å². The third kappa shape index (κ3) is 4.15. The molecule has 0 spiro atoms. The molecule has 1 heterocycles. The van der Waals surface area contributed by atoms with Gasteiger partial charge in [0, 0.05) is 18.7 Å². The molecule has 0 unspecified atom stereocenters. The monoisotopic (exact) mass is 260 g/mol. The van der Waals surface area contributed by atoms with Crippen molar-refractivity contribution in [3.8, 4) is 11.3 Å². The van der Waals surface area contributed by atoms with Gasteiger partial charge in [-0.1, -0.05) is 30.3 Å². The molecule has 5 heteroatoms. The molecule has 0 aliphatic heterocycles. The number of H-pyrrole nitrogens is 1. The van der Waals surface area contributed by atoms with Crippen LogP contribution in [0.25, 0.3) is 11.3 Å². The molecule has 0 aliphatic carbocycles. The average Bonchev–Trinajstić information content (AvgIpc) is 2.87. The van der Waals surface area contributed by atoms with Crippen LogP contribution in [0.3, 0.4) is 0 Å². The molecule has 2 aromatic rings. The zero-order chi connectivity index (χ0) is 13.5. The minimum atomic E-state index is 0.272. The highest BCUT2D eigenvalue weighted by Crippen LogP contribution is 2.18. The van der Waals surface area contributed by atoms with Crippen LogP contribution in [0.5, 0.6) is 0 Å². The Kier molecular flexibility index (Phi) is 5.06. The minimum Gasteiger partial charge on any atom is -0.377 e. The lowest BCUT2D eigenvalue weighted by molar-refractivity contribution is 0.0807. The van der Waals surface area contributed by atoms with E-state index < -0.39 is 0 Å². The van der Waals surface area contributed by atoms with Crippen LogP contribution in [0.2, 0.25) is 0 Å². The van der Waals surface area contributed by atoms with E-state index in [1.54, 1.807) is 0 Å². The Hall–Kier alpha value is -1.72. The maximum absolute atomic E-state index is 5.47. The molecule has 1 aromatic heterocycles. The molecule has 5 nitrogen and oxygen atoms in total. The number of aromatic nitrogens is 3. The van der Waals surface area contributed by atoms with Crippen LogP contribution < -0.4 is 5.32 Å². The summed E-state index contributed by atoms with van der Waals surface area (Å²) in [7, 11) is 0. The molecule has 2 N–H and O–H groups in total. The van der Waals surface area contributed by atoms with Crippen LogP contribution in [0, 0.1) is 0 Å². The Morgan fingerprint density at radius 1 is 1.21 bits per heavy atom. The van der Waals surface area contributed by atoms with Crippen LogP contribution in [-0.4, -0.2) is 34.7 Å². The molecule has 0 atom stereocenters. The Bertz CT molecular complexity index is 481. The largest absolute Gasteiger partial charge is 0.377 e. The molecule has 0 bridgehead atoms. The molecule has 0 saturated heterocycles. The van der Waals surface area contributed by atoms with Gasteiger partial charge in [-0.2, -0.15) is 15.4 Å². The summed E-state index contributed by atoms with van der Waals surface area (Å²) >= 11 is 0. The van der Waals surface area contributed by atoms with Crippen LogP contribution in [0.15, 0.2) is 30.3 Å². The Morgan fingerprint density at radius 3 is 2.74 bits per heavy atom. The summed E-state index contributed by atoms with van der Waals surface area (Å²) in [6.45, 7) is 6.26. The molecule has 0 amide bonds. The maximum Gasteiger partial charge on any atom is 0.117 e. The first-order chi connectivity index (χ1) is 9.27. The van der Waals surface area contributed by atoms with Crippen LogP contribution in [0.1, 0.15) is 19.5 Å². The highest BCUT2D eigenvalue weighted by atomic mass is 16.5. The summed E-state index contributed by atoms with van der Waals surface area (Å²) in [6.07, 6.45) is 0.272. The zero-order valence-corrected chi connectivity index (χ0v) is 11.4. The summed E-state index contributed by atoms with van der Waals surface area (Å²) in [5, 5.41) is 14.4. The lowest BCUT2D eigenvalue weighted by atomic mass is 10.1. The Balaban J connectivity index is 1.87. The van der Waals surface area contributed by atoms with Crippen molar-refractivity contribution in [1.82, 2.24) is 20.7 Å². The van der Waals surface area contributed by atoms with E-state index in [1.165, 1.54) is 0 Å². The molecule has 102 valence electrons. The van der Waals surface area contributed by atoms with Gasteiger partial charge in [0.25, 0.3) is 0 Å². The van der Waals surface area contributed by atoms with Gasteiger partial charge in [-0.05, 0) is 13.8 Å². The standard InChI is InChI=1S/C14H20N4O/c1-11(2)19-9-8-15-10-13-14(17-18-16-13)12-6-4-3-5-7-12/h3-7,11,15H,8-10H2,1-2H3,(H,16,17,18). The highest BCUT2D eigenvalue weighted by Gasteiger charge is 2.09. The second-order valence-electron chi connectivity index (χ2n) is 4.58. The fraction of sp³-hybridized carbons (Fsp3) is 0.429. The summed E-state index contributed by atoms with van der Waals surface area (Å²) in [5.41, 5.74) is 2.90. The molecule has 0 aliphatic rings. The van der Waals surface area contributed by atoms with Gasteiger partial charge in [0.05, 0.1) is 12.7 Å². The molecule has 2 rings (SSSR count). The number of benzene rings is 1. The van der Waals surface area contributed by atoms with Crippen molar-refractivity contribution in [3.63, 3.8) is 0 Å². The lowest BCUT2D eigenvalue weighted by Gasteiger charge is -2.08. The maximum atomic E-state index is 5.47. The normalized spacial score (nSPS) is 11.1. The number of hydrogen-bond donors (Lipinski definition) is 2. The average molecular weight is 260 g/mol. The molecule has 1 aromatic carbocycles. The van der Waals surface area contributed by atoms with Crippen molar-refractivity contribution >= 4 is 0 Å². The van der Waals surface area contributed by atoms with Crippen LogP contribution >= 0.6 is 0 Å². The molecular formula is C14H20N4O. The summed E-state index contributed by atoms with van der Waals surface area (Å²) < 4.78 is 5.47. The second kappa shape index (κ2) is 7.01. The van der Waals surface area contributed by atoms with E-state index in [0.29, 0.717) is 13.2 Å². The summed E-state index contributed by atoms with van der Waals surface area (Å²) in [5.74, 6) is 0. The summed E-state index contributed by atoms with van der Waals surface area (Å²) in [4.78, 5) is 0. The van der Waals surface area contributed by atoms with E-state index in [2.05, 4.69) is 20.7 Å². The van der Waals surface area contributed by atoms with Gasteiger partial charge >= 0.3 is 0 Å². The Labute approximate surface area is 113 Å². The van der Waals surface area contributed by atoms with Crippen LogP contribution in [0.4, 0.5) is 0 Å². The fourth-order valence-corrected chi connectivity index (χ4v) is 1.78. The van der Waals surface area contributed by atoms with Crippen molar-refractivity contribution in [3.05, 3.63) is 36.0 Å². The molecule has 19 heavy (non-hydrogen) atoms. The first-order valence-electron chi connectivity index (χ1n) is 6.54. The number of rotatable bonds is 7. The molecular weight excluding hydrogens is 240 g/mol. The fourth-order valence-electron chi connectivity index (χ4n) is 1.78. The van der Waals surface area contributed by atoms with Gasteiger partial charge in [-0.15, -0.1) is 0 Å². The van der Waals surface area contributed by atoms with Gasteiger partial charge < -0.3 is 10.1 Å². The third-order valence-corrected chi connectivity index (χ3v) is 2.69. The second-order valence-corrected chi connectivity index (χ2v) is 4.58. The summed E-state index contributed by atoms with van der Waals surface area (Å²) in [6, 6.07) is 10.0. The smallest absolute Gasteiger partial charge is 0.117 e. The van der Waals surface area contributed by atoms with Crippen molar-refractivity contribution in [2.24, 2.45) is 0 Å². The van der Waals surface area contributed by atoms with Gasteiger partial charge in [-0.25, -0.2) is 0 Å². The molecule has 0 fully saturated rings. The van der Waals surface area contributed by atoms with E-state index in [9.17, 15) is 0 Å². The zero-order valence-electron chi connectivity index (χ0n) is 11.4. The van der Waals surface area contributed by atoms with E-state index in [-0.39, 0.29) is 6.10 Å². The third-order valence-electron chi connectivity index (χ3n) is 2.69. The number of nitrogens with one attached hydrogen (secondary N) is 2. The number of ether oxygens (including phenoxy) is 1. The lowest BCUT2D eigenvalue weighted by Crippen LogP contribution is -2.21. The topological polar surface area (TPSA) is 62.8 Å². The number of aromatic amines is 1. The van der Waals surface area contributed by atoms with Gasteiger partial charge in [-0.3, -0.25) is 0 Å². The number of hydrogen-bond acceptors (Lipinski definition) is 4. The highest BCUT2D eigenvalue weighted by molar-refractivity contribution is 5.60. The van der Waals surface area contributed by atoms with Crippen LogP contribution in [-0.2, 0) is 11.3 Å².